The first-order chi connectivity index (χ1) is 10.7. The van der Waals surface area contributed by atoms with Crippen LogP contribution in [0.2, 0.25) is 10.0 Å². The Labute approximate surface area is 145 Å². The number of benzene rings is 1. The minimum Gasteiger partial charge on any atom is -0.444 e. The zero-order valence-electron chi connectivity index (χ0n) is 13.7. The van der Waals surface area contributed by atoms with Crippen molar-refractivity contribution in [3.63, 3.8) is 0 Å². The number of H-pyrrole nitrogens is 1. The van der Waals surface area contributed by atoms with Crippen molar-refractivity contribution < 1.29 is 9.53 Å². The fourth-order valence-electron chi connectivity index (χ4n) is 2.97. The molecule has 0 spiro atoms. The van der Waals surface area contributed by atoms with Crippen LogP contribution in [0.3, 0.4) is 0 Å². The van der Waals surface area contributed by atoms with Crippen molar-refractivity contribution in [2.45, 2.75) is 52.3 Å². The Morgan fingerprint density at radius 2 is 1.96 bits per heavy atom. The maximum atomic E-state index is 12.4. The third-order valence-electron chi connectivity index (χ3n) is 4.02. The summed E-state index contributed by atoms with van der Waals surface area (Å²) in [6.07, 6.45) is 0.470. The fraction of sp³-hybridized carbons (Fsp3) is 0.471. The van der Waals surface area contributed by atoms with Crippen molar-refractivity contribution >= 4 is 40.2 Å². The van der Waals surface area contributed by atoms with Gasteiger partial charge in [-0.1, -0.05) is 23.2 Å². The average Bonchev–Trinajstić information content (AvgIpc) is 2.73. The molecule has 1 aliphatic rings. The van der Waals surface area contributed by atoms with Crippen LogP contribution in [0.1, 0.15) is 39.0 Å². The van der Waals surface area contributed by atoms with Gasteiger partial charge >= 0.3 is 6.09 Å². The Kier molecular flexibility index (Phi) is 4.01. The topological polar surface area (TPSA) is 45.3 Å². The highest BCUT2D eigenvalue weighted by Crippen LogP contribution is 2.35. The van der Waals surface area contributed by atoms with E-state index in [1.807, 2.05) is 39.8 Å². The van der Waals surface area contributed by atoms with Crippen LogP contribution in [-0.2, 0) is 17.7 Å². The number of carbonyl (C=O) groups is 1. The Bertz CT molecular complexity index is 777. The van der Waals surface area contributed by atoms with E-state index in [0.29, 0.717) is 16.6 Å². The minimum absolute atomic E-state index is 0.0609. The van der Waals surface area contributed by atoms with Gasteiger partial charge in [-0.3, -0.25) is 4.90 Å². The predicted octanol–water partition coefficient (Wildman–Crippen LogP) is 5.16. The zero-order valence-corrected chi connectivity index (χ0v) is 15.2. The summed E-state index contributed by atoms with van der Waals surface area (Å²) in [6, 6.07) is 3.79. The smallest absolute Gasteiger partial charge is 0.410 e. The van der Waals surface area contributed by atoms with Gasteiger partial charge in [0.15, 0.2) is 0 Å². The summed E-state index contributed by atoms with van der Waals surface area (Å²) >= 11 is 12.2. The van der Waals surface area contributed by atoms with E-state index in [9.17, 15) is 4.79 Å². The maximum absolute atomic E-state index is 12.4. The van der Waals surface area contributed by atoms with Crippen molar-refractivity contribution in [2.75, 3.05) is 0 Å². The van der Waals surface area contributed by atoms with Gasteiger partial charge in [0, 0.05) is 22.6 Å². The van der Waals surface area contributed by atoms with E-state index in [1.54, 1.807) is 4.90 Å². The molecule has 23 heavy (non-hydrogen) atoms. The Hall–Kier alpha value is -1.39. The quantitative estimate of drug-likeness (QED) is 0.710. The van der Waals surface area contributed by atoms with Crippen LogP contribution in [0, 0.1) is 0 Å². The SMILES string of the molecule is CC1Cc2c([nH]c3cc(Cl)c(Cl)cc23)CN1C(=O)OC(C)(C)C. The molecule has 1 atom stereocenters. The second kappa shape index (κ2) is 5.60. The second-order valence-electron chi connectivity index (χ2n) is 7.06. The molecule has 0 aliphatic carbocycles. The molecular weight excluding hydrogens is 335 g/mol. The summed E-state index contributed by atoms with van der Waals surface area (Å²) in [5.41, 5.74) is 2.66. The number of hydrogen-bond donors (Lipinski definition) is 1. The molecule has 2 aromatic rings. The molecule has 124 valence electrons. The number of ether oxygens (including phenoxy) is 1. The minimum atomic E-state index is -0.501. The number of amides is 1. The van der Waals surface area contributed by atoms with Gasteiger partial charge in [0.25, 0.3) is 0 Å². The molecule has 0 fully saturated rings. The number of halogens is 2. The molecule has 1 aromatic carbocycles. The number of nitrogens with one attached hydrogen (secondary N) is 1. The molecule has 1 aromatic heterocycles. The number of fused-ring (bicyclic) bond motifs is 3. The number of aromatic amines is 1. The molecule has 0 saturated heterocycles. The molecule has 1 unspecified atom stereocenters. The molecule has 1 aliphatic heterocycles. The summed E-state index contributed by atoms with van der Waals surface area (Å²) in [6.45, 7) is 8.15. The van der Waals surface area contributed by atoms with Gasteiger partial charge in [-0.05, 0) is 51.8 Å². The summed E-state index contributed by atoms with van der Waals surface area (Å²) in [7, 11) is 0. The third-order valence-corrected chi connectivity index (χ3v) is 4.75. The van der Waals surface area contributed by atoms with E-state index in [0.717, 1.165) is 23.0 Å². The van der Waals surface area contributed by atoms with E-state index >= 15 is 0 Å². The van der Waals surface area contributed by atoms with E-state index in [4.69, 9.17) is 27.9 Å². The number of carbonyl (C=O) groups excluding carboxylic acids is 1. The molecule has 0 saturated carbocycles. The standard InChI is InChI=1S/C17H20Cl2N2O2/c1-9-5-10-11-6-12(18)13(19)7-14(11)20-15(10)8-21(9)16(22)23-17(2,3)4/h6-7,9,20H,5,8H2,1-4H3. The average molecular weight is 355 g/mol. The Balaban J connectivity index is 1.95. The summed E-state index contributed by atoms with van der Waals surface area (Å²) < 4.78 is 5.51. The molecule has 1 N–H and O–H groups in total. The van der Waals surface area contributed by atoms with E-state index in [-0.39, 0.29) is 12.1 Å². The zero-order chi connectivity index (χ0) is 16.9. The van der Waals surface area contributed by atoms with Crippen molar-refractivity contribution in [3.8, 4) is 0 Å². The van der Waals surface area contributed by atoms with Crippen LogP contribution in [0.5, 0.6) is 0 Å². The molecule has 3 rings (SSSR count). The lowest BCUT2D eigenvalue weighted by molar-refractivity contribution is 0.0136. The Morgan fingerprint density at radius 3 is 2.61 bits per heavy atom. The molecule has 6 heteroatoms. The van der Waals surface area contributed by atoms with Gasteiger partial charge in [0.2, 0.25) is 0 Å². The Morgan fingerprint density at radius 1 is 1.30 bits per heavy atom. The highest BCUT2D eigenvalue weighted by atomic mass is 35.5. The molecule has 2 heterocycles. The number of aromatic nitrogens is 1. The molecular formula is C17H20Cl2N2O2. The van der Waals surface area contributed by atoms with Crippen LogP contribution in [0.25, 0.3) is 10.9 Å². The molecule has 1 amide bonds. The molecule has 0 bridgehead atoms. The monoisotopic (exact) mass is 354 g/mol. The summed E-state index contributed by atoms with van der Waals surface area (Å²) in [5, 5.41) is 2.14. The van der Waals surface area contributed by atoms with Crippen molar-refractivity contribution in [1.29, 1.82) is 0 Å². The van der Waals surface area contributed by atoms with E-state index < -0.39 is 5.60 Å². The van der Waals surface area contributed by atoms with Crippen LogP contribution >= 0.6 is 23.2 Å². The lowest BCUT2D eigenvalue weighted by Gasteiger charge is -2.34. The molecule has 0 radical (unpaired) electrons. The van der Waals surface area contributed by atoms with Gasteiger partial charge in [-0.2, -0.15) is 0 Å². The van der Waals surface area contributed by atoms with Crippen LogP contribution in [0.4, 0.5) is 4.79 Å². The van der Waals surface area contributed by atoms with Crippen LogP contribution in [0.15, 0.2) is 12.1 Å². The van der Waals surface area contributed by atoms with Gasteiger partial charge in [-0.25, -0.2) is 4.79 Å². The maximum Gasteiger partial charge on any atom is 0.410 e. The van der Waals surface area contributed by atoms with Gasteiger partial charge < -0.3 is 9.72 Å². The number of nitrogens with zero attached hydrogens (tertiary/aromatic N) is 1. The molecule has 4 nitrogen and oxygen atoms in total. The lowest BCUT2D eigenvalue weighted by Crippen LogP contribution is -2.45. The lowest BCUT2D eigenvalue weighted by atomic mass is 9.98. The van der Waals surface area contributed by atoms with Crippen molar-refractivity contribution in [1.82, 2.24) is 9.88 Å². The van der Waals surface area contributed by atoms with Gasteiger partial charge in [0.05, 0.1) is 16.6 Å². The summed E-state index contributed by atoms with van der Waals surface area (Å²) in [4.78, 5) is 17.5. The first kappa shape index (κ1) is 16.5. The summed E-state index contributed by atoms with van der Waals surface area (Å²) in [5.74, 6) is 0. The first-order valence-corrected chi connectivity index (χ1v) is 8.39. The largest absolute Gasteiger partial charge is 0.444 e. The third kappa shape index (κ3) is 3.15. The van der Waals surface area contributed by atoms with Crippen LogP contribution in [-0.4, -0.2) is 27.6 Å². The van der Waals surface area contributed by atoms with Gasteiger partial charge in [-0.15, -0.1) is 0 Å². The highest BCUT2D eigenvalue weighted by molar-refractivity contribution is 6.42. The number of hydrogen-bond acceptors (Lipinski definition) is 2. The van der Waals surface area contributed by atoms with E-state index in [1.165, 1.54) is 5.56 Å². The fourth-order valence-corrected chi connectivity index (χ4v) is 3.29. The van der Waals surface area contributed by atoms with Gasteiger partial charge in [0.1, 0.15) is 5.60 Å². The highest BCUT2D eigenvalue weighted by Gasteiger charge is 2.32. The first-order valence-electron chi connectivity index (χ1n) is 7.64. The van der Waals surface area contributed by atoms with Crippen LogP contribution < -0.4 is 0 Å². The van der Waals surface area contributed by atoms with E-state index in [2.05, 4.69) is 4.98 Å². The van der Waals surface area contributed by atoms with Crippen molar-refractivity contribution in [2.24, 2.45) is 0 Å². The second-order valence-corrected chi connectivity index (χ2v) is 7.87. The normalized spacial score (nSPS) is 18.2. The predicted molar refractivity (Wildman–Crippen MR) is 93.3 cm³/mol. The van der Waals surface area contributed by atoms with Crippen molar-refractivity contribution in [3.05, 3.63) is 33.4 Å². The number of rotatable bonds is 0.